The van der Waals surface area contributed by atoms with Crippen LogP contribution in [0.2, 0.25) is 0 Å². The van der Waals surface area contributed by atoms with E-state index in [0.29, 0.717) is 29.4 Å². The Balaban J connectivity index is 1.98. The normalized spacial score (nSPS) is 11.5. The van der Waals surface area contributed by atoms with E-state index in [1.807, 2.05) is 6.92 Å². The van der Waals surface area contributed by atoms with Crippen molar-refractivity contribution in [3.63, 3.8) is 0 Å². The first-order valence-electron chi connectivity index (χ1n) is 8.72. The lowest BCUT2D eigenvalue weighted by Crippen LogP contribution is -2.27. The number of nitrogens with zero attached hydrogens (tertiary/aromatic N) is 2. The van der Waals surface area contributed by atoms with Crippen molar-refractivity contribution in [1.82, 2.24) is 14.5 Å². The van der Waals surface area contributed by atoms with Crippen LogP contribution >= 0.6 is 0 Å². The second-order valence-electron chi connectivity index (χ2n) is 6.11. The highest BCUT2D eigenvalue weighted by Gasteiger charge is 2.17. The van der Waals surface area contributed by atoms with Crippen LogP contribution in [0.15, 0.2) is 58.2 Å². The molecule has 1 heterocycles. The Morgan fingerprint density at radius 1 is 1.07 bits per heavy atom. The van der Waals surface area contributed by atoms with Gasteiger partial charge in [0.1, 0.15) is 0 Å². The van der Waals surface area contributed by atoms with Crippen LogP contribution in [0, 0.1) is 0 Å². The molecule has 0 aliphatic heterocycles. The average molecular weight is 400 g/mol. The van der Waals surface area contributed by atoms with Crippen LogP contribution in [-0.2, 0) is 16.6 Å². The summed E-state index contributed by atoms with van der Waals surface area (Å²) in [5.74, 6) is -0.481. The second kappa shape index (κ2) is 7.91. The van der Waals surface area contributed by atoms with Crippen molar-refractivity contribution in [3.8, 4) is 0 Å². The molecule has 0 atom stereocenters. The van der Waals surface area contributed by atoms with E-state index in [9.17, 15) is 18.0 Å². The molecule has 2 aromatic carbocycles. The zero-order chi connectivity index (χ0) is 20.3. The molecule has 146 valence electrons. The molecule has 0 radical (unpaired) electrons. The zero-order valence-electron chi connectivity index (χ0n) is 15.5. The number of rotatable bonds is 6. The lowest BCUT2D eigenvalue weighted by molar-refractivity contribution is 0.102. The number of aryl methyl sites for hydroxylation is 1. The van der Waals surface area contributed by atoms with Crippen molar-refractivity contribution < 1.29 is 13.2 Å². The quantitative estimate of drug-likeness (QED) is 0.657. The number of amides is 1. The summed E-state index contributed by atoms with van der Waals surface area (Å²) in [6.45, 7) is 2.32. The van der Waals surface area contributed by atoms with Crippen LogP contribution < -0.4 is 15.6 Å². The van der Waals surface area contributed by atoms with Crippen LogP contribution in [-0.4, -0.2) is 31.2 Å². The van der Waals surface area contributed by atoms with E-state index in [4.69, 9.17) is 0 Å². The summed E-state index contributed by atoms with van der Waals surface area (Å²) in [7, 11) is -2.23. The standard InChI is InChI=1S/C19H20N4O4S/c1-3-12-23-19(25)16-7-5-4-6-15(16)17(22-23)18(24)21-13-8-10-14(11-9-13)28(26,27)20-2/h4-11,20H,3,12H2,1-2H3,(H,21,24). The fraction of sp³-hybridized carbons (Fsp3) is 0.211. The number of fused-ring (bicyclic) bond motifs is 1. The zero-order valence-corrected chi connectivity index (χ0v) is 16.3. The maximum absolute atomic E-state index is 12.8. The molecular formula is C19H20N4O4S. The molecule has 3 aromatic rings. The highest BCUT2D eigenvalue weighted by atomic mass is 32.2. The molecule has 9 heteroatoms. The summed E-state index contributed by atoms with van der Waals surface area (Å²) in [5, 5.41) is 7.83. The molecule has 0 bridgehead atoms. The first-order chi connectivity index (χ1) is 13.4. The number of carbonyl (C=O) groups excluding carboxylic acids is 1. The fourth-order valence-corrected chi connectivity index (χ4v) is 3.52. The third kappa shape index (κ3) is 3.80. The number of carbonyl (C=O) groups is 1. The Bertz CT molecular complexity index is 1180. The lowest BCUT2D eigenvalue weighted by Gasteiger charge is -2.11. The highest BCUT2D eigenvalue weighted by molar-refractivity contribution is 7.89. The van der Waals surface area contributed by atoms with Gasteiger partial charge >= 0.3 is 0 Å². The van der Waals surface area contributed by atoms with Gasteiger partial charge in [-0.15, -0.1) is 0 Å². The summed E-state index contributed by atoms with van der Waals surface area (Å²) in [6, 6.07) is 12.6. The van der Waals surface area contributed by atoms with Crippen molar-refractivity contribution in [2.24, 2.45) is 0 Å². The molecule has 3 rings (SSSR count). The second-order valence-corrected chi connectivity index (χ2v) is 8.00. The summed E-state index contributed by atoms with van der Waals surface area (Å²) in [5.41, 5.74) is 0.311. The largest absolute Gasteiger partial charge is 0.321 e. The van der Waals surface area contributed by atoms with Gasteiger partial charge in [-0.25, -0.2) is 17.8 Å². The number of hydrogen-bond donors (Lipinski definition) is 2. The smallest absolute Gasteiger partial charge is 0.276 e. The average Bonchev–Trinajstić information content (AvgIpc) is 2.70. The minimum absolute atomic E-state index is 0.0908. The van der Waals surface area contributed by atoms with Gasteiger partial charge in [-0.2, -0.15) is 5.10 Å². The number of anilines is 1. The minimum Gasteiger partial charge on any atom is -0.321 e. The Morgan fingerprint density at radius 2 is 1.71 bits per heavy atom. The number of benzene rings is 2. The highest BCUT2D eigenvalue weighted by Crippen LogP contribution is 2.17. The van der Waals surface area contributed by atoms with E-state index >= 15 is 0 Å². The summed E-state index contributed by atoms with van der Waals surface area (Å²) in [6.07, 6.45) is 0.702. The molecule has 1 aromatic heterocycles. The molecular weight excluding hydrogens is 380 g/mol. The predicted molar refractivity (Wildman–Crippen MR) is 107 cm³/mol. The van der Waals surface area contributed by atoms with Gasteiger partial charge in [-0.1, -0.05) is 25.1 Å². The van der Waals surface area contributed by atoms with E-state index < -0.39 is 15.9 Å². The molecule has 0 saturated carbocycles. The number of sulfonamides is 1. The minimum atomic E-state index is -3.55. The van der Waals surface area contributed by atoms with Gasteiger partial charge in [0.05, 0.1) is 10.3 Å². The molecule has 0 aliphatic carbocycles. The van der Waals surface area contributed by atoms with Gasteiger partial charge in [-0.3, -0.25) is 9.59 Å². The maximum Gasteiger partial charge on any atom is 0.276 e. The molecule has 0 spiro atoms. The van der Waals surface area contributed by atoms with Crippen molar-refractivity contribution in [1.29, 1.82) is 0 Å². The van der Waals surface area contributed by atoms with E-state index in [0.717, 1.165) is 0 Å². The van der Waals surface area contributed by atoms with Gasteiger partial charge in [-0.05, 0) is 43.8 Å². The number of nitrogens with one attached hydrogen (secondary N) is 2. The predicted octanol–water partition coefficient (Wildman–Crippen LogP) is 1.97. The summed E-state index contributed by atoms with van der Waals surface area (Å²) in [4.78, 5) is 25.4. The van der Waals surface area contributed by atoms with Crippen LogP contribution in [0.5, 0.6) is 0 Å². The van der Waals surface area contributed by atoms with Gasteiger partial charge < -0.3 is 5.32 Å². The van der Waals surface area contributed by atoms with Gasteiger partial charge in [0.2, 0.25) is 10.0 Å². The topological polar surface area (TPSA) is 110 Å². The molecule has 0 aliphatic rings. The molecule has 8 nitrogen and oxygen atoms in total. The van der Waals surface area contributed by atoms with E-state index in [-0.39, 0.29) is 16.1 Å². The SMILES string of the molecule is CCCn1nc(C(=O)Nc2ccc(S(=O)(=O)NC)cc2)c2ccccc2c1=O. The van der Waals surface area contributed by atoms with Crippen LogP contribution in [0.25, 0.3) is 10.8 Å². The Labute approximate surface area is 162 Å². The monoisotopic (exact) mass is 400 g/mol. The van der Waals surface area contributed by atoms with Gasteiger partial charge in [0, 0.05) is 17.6 Å². The van der Waals surface area contributed by atoms with E-state index in [2.05, 4.69) is 15.1 Å². The maximum atomic E-state index is 12.8. The first-order valence-corrected chi connectivity index (χ1v) is 10.2. The molecule has 28 heavy (non-hydrogen) atoms. The first kappa shape index (κ1) is 19.7. The number of hydrogen-bond acceptors (Lipinski definition) is 5. The molecule has 0 unspecified atom stereocenters. The molecule has 0 fully saturated rings. The summed E-state index contributed by atoms with van der Waals surface area (Å²) < 4.78 is 27.1. The molecule has 0 saturated heterocycles. The summed E-state index contributed by atoms with van der Waals surface area (Å²) >= 11 is 0. The van der Waals surface area contributed by atoms with E-state index in [1.54, 1.807) is 24.3 Å². The van der Waals surface area contributed by atoms with E-state index in [1.165, 1.54) is 36.0 Å². The molecule has 2 N–H and O–H groups in total. The third-order valence-corrected chi connectivity index (χ3v) is 5.64. The van der Waals surface area contributed by atoms with Crippen LogP contribution in [0.3, 0.4) is 0 Å². The van der Waals surface area contributed by atoms with Crippen molar-refractivity contribution >= 4 is 32.4 Å². The van der Waals surface area contributed by atoms with Crippen LogP contribution in [0.4, 0.5) is 5.69 Å². The van der Waals surface area contributed by atoms with Gasteiger partial charge in [0.15, 0.2) is 5.69 Å². The van der Waals surface area contributed by atoms with Crippen molar-refractivity contribution in [2.45, 2.75) is 24.8 Å². The lowest BCUT2D eigenvalue weighted by atomic mass is 10.1. The van der Waals surface area contributed by atoms with Crippen molar-refractivity contribution in [3.05, 3.63) is 64.6 Å². The fourth-order valence-electron chi connectivity index (χ4n) is 2.79. The Kier molecular flexibility index (Phi) is 5.57. The molecule has 1 amide bonds. The third-order valence-electron chi connectivity index (χ3n) is 4.21. The Hall–Kier alpha value is -3.04. The van der Waals surface area contributed by atoms with Gasteiger partial charge in [0.25, 0.3) is 11.5 Å². The van der Waals surface area contributed by atoms with Crippen LogP contribution in [0.1, 0.15) is 23.8 Å². The van der Waals surface area contributed by atoms with Crippen molar-refractivity contribution in [2.75, 3.05) is 12.4 Å². The Morgan fingerprint density at radius 3 is 2.32 bits per heavy atom. The number of aromatic nitrogens is 2.